The second-order valence-electron chi connectivity index (χ2n) is 4.09. The van der Waals surface area contributed by atoms with E-state index in [-0.39, 0.29) is 6.04 Å². The van der Waals surface area contributed by atoms with Crippen molar-refractivity contribution in [3.8, 4) is 12.3 Å². The van der Waals surface area contributed by atoms with Crippen molar-refractivity contribution >= 4 is 5.65 Å². The molecule has 0 saturated carbocycles. The summed E-state index contributed by atoms with van der Waals surface area (Å²) in [7, 11) is 0. The maximum Gasteiger partial charge on any atom is 0.137 e. The Labute approximate surface area is 102 Å². The zero-order chi connectivity index (χ0) is 12.1. The minimum Gasteiger partial charge on any atom is -0.307 e. The SMILES string of the molecule is C#CC(CCC)NCc1cn2ccccc2n1. The van der Waals surface area contributed by atoms with E-state index in [1.807, 2.05) is 35.0 Å². The summed E-state index contributed by atoms with van der Waals surface area (Å²) in [5.74, 6) is 2.76. The number of hydrogen-bond donors (Lipinski definition) is 1. The molecule has 0 radical (unpaired) electrons. The molecule has 0 aromatic carbocycles. The number of pyridine rings is 1. The van der Waals surface area contributed by atoms with Gasteiger partial charge >= 0.3 is 0 Å². The second kappa shape index (κ2) is 5.51. The molecule has 1 atom stereocenters. The Hall–Kier alpha value is -1.79. The van der Waals surface area contributed by atoms with Gasteiger partial charge in [0.05, 0.1) is 11.7 Å². The summed E-state index contributed by atoms with van der Waals surface area (Å²) in [5, 5.41) is 3.34. The van der Waals surface area contributed by atoms with Crippen molar-refractivity contribution < 1.29 is 0 Å². The monoisotopic (exact) mass is 227 g/mol. The number of fused-ring (bicyclic) bond motifs is 1. The largest absolute Gasteiger partial charge is 0.307 e. The highest BCUT2D eigenvalue weighted by molar-refractivity contribution is 5.39. The molecule has 88 valence electrons. The molecule has 3 heteroatoms. The van der Waals surface area contributed by atoms with Gasteiger partial charge in [0.25, 0.3) is 0 Å². The van der Waals surface area contributed by atoms with E-state index in [0.717, 1.165) is 30.7 Å². The molecular weight excluding hydrogens is 210 g/mol. The number of aromatic nitrogens is 2. The molecule has 0 amide bonds. The average Bonchev–Trinajstić information content (AvgIpc) is 2.77. The summed E-state index contributed by atoms with van der Waals surface area (Å²) in [5.41, 5.74) is 1.99. The van der Waals surface area contributed by atoms with Crippen molar-refractivity contribution in [1.82, 2.24) is 14.7 Å². The van der Waals surface area contributed by atoms with Crippen LogP contribution in [0.3, 0.4) is 0 Å². The maximum absolute atomic E-state index is 5.46. The molecule has 3 nitrogen and oxygen atoms in total. The standard InChI is InChI=1S/C14H17N3/c1-3-7-12(4-2)15-10-13-11-17-9-6-5-8-14(17)16-13/h2,5-6,8-9,11-12,15H,3,7,10H2,1H3. The molecule has 0 fully saturated rings. The second-order valence-corrected chi connectivity index (χ2v) is 4.09. The van der Waals surface area contributed by atoms with E-state index in [1.165, 1.54) is 0 Å². The lowest BCUT2D eigenvalue weighted by atomic mass is 10.2. The van der Waals surface area contributed by atoms with Crippen molar-refractivity contribution in [3.63, 3.8) is 0 Å². The van der Waals surface area contributed by atoms with Crippen LogP contribution in [0.15, 0.2) is 30.6 Å². The van der Waals surface area contributed by atoms with E-state index in [2.05, 4.69) is 23.1 Å². The van der Waals surface area contributed by atoms with E-state index in [1.54, 1.807) is 0 Å². The lowest BCUT2D eigenvalue weighted by Gasteiger charge is -2.09. The number of nitrogens with zero attached hydrogens (tertiary/aromatic N) is 2. The van der Waals surface area contributed by atoms with Gasteiger partial charge in [-0.05, 0) is 18.6 Å². The minimum atomic E-state index is 0.143. The highest BCUT2D eigenvalue weighted by atomic mass is 15.0. The molecule has 2 rings (SSSR count). The van der Waals surface area contributed by atoms with Crippen LogP contribution in [0.1, 0.15) is 25.5 Å². The van der Waals surface area contributed by atoms with Crippen LogP contribution in [-0.2, 0) is 6.54 Å². The predicted octanol–water partition coefficient (Wildman–Crippen LogP) is 2.23. The van der Waals surface area contributed by atoms with Gasteiger partial charge in [-0.2, -0.15) is 0 Å². The third-order valence-corrected chi connectivity index (χ3v) is 2.72. The van der Waals surface area contributed by atoms with E-state index in [9.17, 15) is 0 Å². The predicted molar refractivity (Wildman–Crippen MR) is 69.6 cm³/mol. The van der Waals surface area contributed by atoms with E-state index < -0.39 is 0 Å². The topological polar surface area (TPSA) is 29.3 Å². The zero-order valence-corrected chi connectivity index (χ0v) is 10.1. The quantitative estimate of drug-likeness (QED) is 0.794. The van der Waals surface area contributed by atoms with Gasteiger partial charge in [-0.15, -0.1) is 6.42 Å². The first kappa shape index (κ1) is 11.7. The summed E-state index contributed by atoms with van der Waals surface area (Å²) in [6.45, 7) is 2.85. The third kappa shape index (κ3) is 2.86. The maximum atomic E-state index is 5.46. The molecule has 0 aliphatic heterocycles. The lowest BCUT2D eigenvalue weighted by molar-refractivity contribution is 0.558. The van der Waals surface area contributed by atoms with E-state index in [0.29, 0.717) is 0 Å². The van der Waals surface area contributed by atoms with Gasteiger partial charge in [0.2, 0.25) is 0 Å². The number of hydrogen-bond acceptors (Lipinski definition) is 2. The van der Waals surface area contributed by atoms with Crippen molar-refractivity contribution in [2.24, 2.45) is 0 Å². The summed E-state index contributed by atoms with van der Waals surface area (Å²) >= 11 is 0. The van der Waals surface area contributed by atoms with Crippen LogP contribution >= 0.6 is 0 Å². The van der Waals surface area contributed by atoms with E-state index >= 15 is 0 Å². The molecule has 2 heterocycles. The van der Waals surface area contributed by atoms with Gasteiger partial charge in [0, 0.05) is 18.9 Å². The average molecular weight is 227 g/mol. The zero-order valence-electron chi connectivity index (χ0n) is 10.1. The highest BCUT2D eigenvalue weighted by Gasteiger charge is 2.05. The van der Waals surface area contributed by atoms with Gasteiger partial charge in [0.15, 0.2) is 0 Å². The number of imidazole rings is 1. The van der Waals surface area contributed by atoms with Gasteiger partial charge in [-0.25, -0.2) is 4.98 Å². The number of terminal acetylenes is 1. The Morgan fingerprint density at radius 3 is 3.12 bits per heavy atom. The fraction of sp³-hybridized carbons (Fsp3) is 0.357. The third-order valence-electron chi connectivity index (χ3n) is 2.72. The van der Waals surface area contributed by atoms with Gasteiger partial charge in [0.1, 0.15) is 5.65 Å². The summed E-state index contributed by atoms with van der Waals surface area (Å²) in [6, 6.07) is 6.12. The van der Waals surface area contributed by atoms with Crippen LogP contribution < -0.4 is 5.32 Å². The molecule has 2 aromatic heterocycles. The fourth-order valence-corrected chi connectivity index (χ4v) is 1.83. The van der Waals surface area contributed by atoms with Gasteiger partial charge < -0.3 is 4.40 Å². The summed E-state index contributed by atoms with van der Waals surface area (Å²) in [4.78, 5) is 4.51. The molecule has 0 saturated heterocycles. The van der Waals surface area contributed by atoms with Crippen LogP contribution in [0, 0.1) is 12.3 Å². The first-order valence-corrected chi connectivity index (χ1v) is 5.95. The fourth-order valence-electron chi connectivity index (χ4n) is 1.83. The Bertz CT molecular complexity index is 488. The molecule has 1 unspecified atom stereocenters. The van der Waals surface area contributed by atoms with Crippen LogP contribution in [-0.4, -0.2) is 15.4 Å². The van der Waals surface area contributed by atoms with Crippen LogP contribution in [0.4, 0.5) is 0 Å². The Balaban J connectivity index is 2.01. The molecule has 0 spiro atoms. The van der Waals surface area contributed by atoms with Crippen molar-refractivity contribution in [2.75, 3.05) is 0 Å². The first-order chi connectivity index (χ1) is 8.33. The van der Waals surface area contributed by atoms with Gasteiger partial charge in [-0.3, -0.25) is 5.32 Å². The lowest BCUT2D eigenvalue weighted by Crippen LogP contribution is -2.26. The van der Waals surface area contributed by atoms with Gasteiger partial charge in [-0.1, -0.05) is 25.3 Å². The Morgan fingerprint density at radius 1 is 1.53 bits per heavy atom. The van der Waals surface area contributed by atoms with Crippen molar-refractivity contribution in [2.45, 2.75) is 32.4 Å². The highest BCUT2D eigenvalue weighted by Crippen LogP contribution is 2.05. The number of nitrogens with one attached hydrogen (secondary N) is 1. The first-order valence-electron chi connectivity index (χ1n) is 5.95. The molecule has 0 aliphatic rings. The summed E-state index contributed by atoms with van der Waals surface area (Å²) in [6.07, 6.45) is 11.6. The molecular formula is C14H17N3. The van der Waals surface area contributed by atoms with Crippen molar-refractivity contribution in [1.29, 1.82) is 0 Å². The van der Waals surface area contributed by atoms with Crippen LogP contribution in [0.2, 0.25) is 0 Å². The normalized spacial score (nSPS) is 12.5. The Morgan fingerprint density at radius 2 is 2.41 bits per heavy atom. The van der Waals surface area contributed by atoms with Crippen LogP contribution in [0.5, 0.6) is 0 Å². The summed E-state index contributed by atoms with van der Waals surface area (Å²) < 4.78 is 2.02. The van der Waals surface area contributed by atoms with E-state index in [4.69, 9.17) is 6.42 Å². The number of rotatable bonds is 5. The molecule has 17 heavy (non-hydrogen) atoms. The molecule has 0 bridgehead atoms. The smallest absolute Gasteiger partial charge is 0.137 e. The molecule has 0 aliphatic carbocycles. The van der Waals surface area contributed by atoms with Crippen LogP contribution in [0.25, 0.3) is 5.65 Å². The van der Waals surface area contributed by atoms with Crippen molar-refractivity contribution in [3.05, 3.63) is 36.3 Å². The molecule has 2 aromatic rings. The minimum absolute atomic E-state index is 0.143. The molecule has 1 N–H and O–H groups in total. The Kier molecular flexibility index (Phi) is 3.79.